The Morgan fingerprint density at radius 3 is 1.40 bits per heavy atom. The number of nitrogens with two attached hydrogens (primary N) is 1. The van der Waals surface area contributed by atoms with Crippen LogP contribution in [0.3, 0.4) is 0 Å². The number of hydrogen-bond donors (Lipinski definition) is 2. The third kappa shape index (κ3) is 42.9. The highest BCUT2D eigenvalue weighted by Gasteiger charge is 2.25. The second-order valence-electron chi connectivity index (χ2n) is 14.5. The normalized spacial score (nSPS) is 14.0. The fourth-order valence-corrected chi connectivity index (χ4v) is 6.60. The Balaban J connectivity index is 4.26. The van der Waals surface area contributed by atoms with E-state index in [2.05, 4.69) is 74.6 Å². The van der Waals surface area contributed by atoms with E-state index in [1.165, 1.54) is 89.9 Å². The molecule has 2 atom stereocenters. The summed E-state index contributed by atoms with van der Waals surface area (Å²) in [6.07, 6.45) is 52.3. The summed E-state index contributed by atoms with van der Waals surface area (Å²) in [7, 11) is -4.40. The molecule has 9 nitrogen and oxygen atoms in total. The molecular formula is C47H82NO8P. The van der Waals surface area contributed by atoms with E-state index in [0.29, 0.717) is 6.42 Å². The van der Waals surface area contributed by atoms with E-state index in [-0.39, 0.29) is 32.6 Å². The number of ether oxygens (including phenoxy) is 2. The minimum Gasteiger partial charge on any atom is -0.462 e. The third-order valence-electron chi connectivity index (χ3n) is 9.12. The van der Waals surface area contributed by atoms with Gasteiger partial charge in [0.25, 0.3) is 0 Å². The second kappa shape index (κ2) is 43.0. The van der Waals surface area contributed by atoms with Crippen molar-refractivity contribution >= 4 is 19.8 Å². The van der Waals surface area contributed by atoms with Gasteiger partial charge in [0.1, 0.15) is 6.61 Å². The Morgan fingerprint density at radius 2 is 0.965 bits per heavy atom. The van der Waals surface area contributed by atoms with Crippen molar-refractivity contribution in [3.63, 3.8) is 0 Å². The fraction of sp³-hybridized carbons (Fsp3) is 0.702. The van der Waals surface area contributed by atoms with Crippen molar-refractivity contribution in [3.8, 4) is 0 Å². The number of phosphoric acid groups is 1. The lowest BCUT2D eigenvalue weighted by molar-refractivity contribution is -0.161. The van der Waals surface area contributed by atoms with Crippen molar-refractivity contribution in [2.24, 2.45) is 5.73 Å². The van der Waals surface area contributed by atoms with Crippen LogP contribution in [-0.4, -0.2) is 49.3 Å². The first-order valence-electron chi connectivity index (χ1n) is 22.4. The van der Waals surface area contributed by atoms with Gasteiger partial charge in [-0.3, -0.25) is 18.6 Å². The maximum absolute atomic E-state index is 12.6. The lowest BCUT2D eigenvalue weighted by atomic mass is 10.0. The number of unbranched alkanes of at least 4 members (excludes halogenated alkanes) is 16. The Kier molecular flexibility index (Phi) is 41.1. The zero-order chi connectivity index (χ0) is 41.8. The highest BCUT2D eigenvalue weighted by atomic mass is 31.2. The van der Waals surface area contributed by atoms with Gasteiger partial charge in [-0.2, -0.15) is 0 Å². The monoisotopic (exact) mass is 820 g/mol. The van der Waals surface area contributed by atoms with Crippen LogP contribution in [0.5, 0.6) is 0 Å². The molecule has 328 valence electrons. The van der Waals surface area contributed by atoms with Gasteiger partial charge in [0, 0.05) is 19.4 Å². The summed E-state index contributed by atoms with van der Waals surface area (Å²) in [5.74, 6) is -0.926. The Bertz CT molecular complexity index is 1160. The van der Waals surface area contributed by atoms with E-state index in [4.69, 9.17) is 24.3 Å². The van der Waals surface area contributed by atoms with Gasteiger partial charge in [-0.25, -0.2) is 4.57 Å². The molecule has 0 saturated heterocycles. The molecule has 0 aromatic rings. The Hall–Kier alpha value is -2.55. The molecule has 1 unspecified atom stereocenters. The van der Waals surface area contributed by atoms with E-state index in [9.17, 15) is 19.0 Å². The van der Waals surface area contributed by atoms with Crippen molar-refractivity contribution in [2.75, 3.05) is 26.4 Å². The minimum absolute atomic E-state index is 0.0396. The lowest BCUT2D eigenvalue weighted by Crippen LogP contribution is -2.29. The summed E-state index contributed by atoms with van der Waals surface area (Å²) < 4.78 is 32.7. The molecule has 10 heteroatoms. The van der Waals surface area contributed by atoms with Gasteiger partial charge < -0.3 is 20.1 Å². The van der Waals surface area contributed by atoms with Crippen molar-refractivity contribution in [1.29, 1.82) is 0 Å². The molecule has 3 N–H and O–H groups in total. The number of allylic oxidation sites excluding steroid dienone is 12. The molecule has 0 rings (SSSR count). The topological polar surface area (TPSA) is 134 Å². The van der Waals surface area contributed by atoms with Gasteiger partial charge >= 0.3 is 19.8 Å². The molecule has 0 aromatic heterocycles. The van der Waals surface area contributed by atoms with E-state index < -0.39 is 32.5 Å². The molecule has 0 aliphatic heterocycles. The summed E-state index contributed by atoms with van der Waals surface area (Å²) in [6.45, 7) is 3.54. The number of esters is 2. The van der Waals surface area contributed by atoms with Crippen LogP contribution in [0.1, 0.15) is 181 Å². The molecular weight excluding hydrogens is 737 g/mol. The average molecular weight is 820 g/mol. The standard InChI is InChI=1S/C47H82NO8P/c1-3-5-7-9-11-13-15-17-19-21-22-24-26-28-30-32-34-36-38-40-47(50)56-45(44-55-57(51,52)54-42-41-48)43-53-46(49)39-37-35-33-31-29-27-25-23-20-18-16-14-12-10-8-6-4-2/h5,7,11,13,17,19,22,24,28,30,34,36,45H,3-4,6,8-10,12,14-16,18,20-21,23,25-27,29,31-33,35,37-44,48H2,1-2H3,(H,51,52)/t45-/m1/s1. The maximum Gasteiger partial charge on any atom is 0.472 e. The molecule has 0 spiro atoms. The Labute approximate surface area is 348 Å². The summed E-state index contributed by atoms with van der Waals surface area (Å²) in [5.41, 5.74) is 5.34. The quantitative estimate of drug-likeness (QED) is 0.0267. The van der Waals surface area contributed by atoms with Crippen LogP contribution < -0.4 is 5.73 Å². The van der Waals surface area contributed by atoms with Gasteiger partial charge in [-0.1, -0.05) is 189 Å². The highest BCUT2D eigenvalue weighted by Crippen LogP contribution is 2.43. The number of carbonyl (C=O) groups excluding carboxylic acids is 2. The number of hydrogen-bond acceptors (Lipinski definition) is 8. The van der Waals surface area contributed by atoms with Gasteiger partial charge in [0.15, 0.2) is 6.10 Å². The average Bonchev–Trinajstić information content (AvgIpc) is 3.20. The van der Waals surface area contributed by atoms with E-state index >= 15 is 0 Å². The molecule has 0 aliphatic rings. The lowest BCUT2D eigenvalue weighted by Gasteiger charge is -2.19. The summed E-state index contributed by atoms with van der Waals surface area (Å²) in [4.78, 5) is 34.9. The van der Waals surface area contributed by atoms with Crippen molar-refractivity contribution in [3.05, 3.63) is 72.9 Å². The van der Waals surface area contributed by atoms with Crippen LogP contribution in [0.4, 0.5) is 0 Å². The predicted molar refractivity (Wildman–Crippen MR) is 238 cm³/mol. The summed E-state index contributed by atoms with van der Waals surface area (Å²) in [5, 5.41) is 0. The number of phosphoric ester groups is 1. The van der Waals surface area contributed by atoms with Crippen LogP contribution in [0.2, 0.25) is 0 Å². The molecule has 0 aromatic carbocycles. The van der Waals surface area contributed by atoms with Crippen LogP contribution in [0.15, 0.2) is 72.9 Å². The van der Waals surface area contributed by atoms with Gasteiger partial charge in [0.2, 0.25) is 0 Å². The first-order valence-corrected chi connectivity index (χ1v) is 23.9. The summed E-state index contributed by atoms with van der Waals surface area (Å²) in [6, 6.07) is 0. The highest BCUT2D eigenvalue weighted by molar-refractivity contribution is 7.47. The van der Waals surface area contributed by atoms with Crippen LogP contribution in [-0.2, 0) is 32.7 Å². The second-order valence-corrected chi connectivity index (χ2v) is 16.0. The Morgan fingerprint density at radius 1 is 0.544 bits per heavy atom. The molecule has 0 radical (unpaired) electrons. The van der Waals surface area contributed by atoms with Crippen molar-refractivity contribution in [2.45, 2.75) is 187 Å². The van der Waals surface area contributed by atoms with Crippen LogP contribution >= 0.6 is 7.82 Å². The molecule has 0 amide bonds. The largest absolute Gasteiger partial charge is 0.472 e. The molecule has 0 saturated carbocycles. The van der Waals surface area contributed by atoms with Gasteiger partial charge in [-0.05, 0) is 51.4 Å². The smallest absolute Gasteiger partial charge is 0.462 e. The zero-order valence-electron chi connectivity index (χ0n) is 36.0. The molecule has 57 heavy (non-hydrogen) atoms. The van der Waals surface area contributed by atoms with Gasteiger partial charge in [0.05, 0.1) is 13.2 Å². The van der Waals surface area contributed by atoms with E-state index in [1.807, 2.05) is 12.2 Å². The van der Waals surface area contributed by atoms with Gasteiger partial charge in [-0.15, -0.1) is 0 Å². The first-order chi connectivity index (χ1) is 27.8. The molecule has 0 bridgehead atoms. The summed E-state index contributed by atoms with van der Waals surface area (Å²) >= 11 is 0. The number of rotatable bonds is 41. The van der Waals surface area contributed by atoms with Crippen molar-refractivity contribution in [1.82, 2.24) is 0 Å². The molecule has 0 heterocycles. The molecule has 0 aliphatic carbocycles. The van der Waals surface area contributed by atoms with E-state index in [1.54, 1.807) is 0 Å². The zero-order valence-corrected chi connectivity index (χ0v) is 36.9. The van der Waals surface area contributed by atoms with E-state index in [0.717, 1.165) is 57.8 Å². The van der Waals surface area contributed by atoms with Crippen molar-refractivity contribution < 1.29 is 37.6 Å². The minimum atomic E-state index is -4.40. The van der Waals surface area contributed by atoms with Crippen LogP contribution in [0, 0.1) is 0 Å². The number of carbonyl (C=O) groups is 2. The molecule has 0 fully saturated rings. The third-order valence-corrected chi connectivity index (χ3v) is 10.1. The van der Waals surface area contributed by atoms with Crippen LogP contribution in [0.25, 0.3) is 0 Å². The predicted octanol–water partition coefficient (Wildman–Crippen LogP) is 13.1. The first kappa shape index (κ1) is 54.5. The fourth-order valence-electron chi connectivity index (χ4n) is 5.84. The maximum atomic E-state index is 12.6. The SMILES string of the molecule is CCC=CCC=CCC=CCC=CCC=CCC=CCCC(=O)O[C@H](COC(=O)CCCCCCCCCCCCCCCCCCC)COP(=O)(O)OCCN.